The standard InChI is InChI=1S/C14H9Cl2N3O3S/c1-2-7-10(13(21)22)11(20)9-6(15)5-8(16)18-12(9)19(7)14-17-3-4-23-14/h3-5H,2H2,1H3,(H,21,22). The Morgan fingerprint density at radius 1 is 1.43 bits per heavy atom. The van der Waals surface area contributed by atoms with Crippen molar-refractivity contribution in [3.63, 3.8) is 0 Å². The van der Waals surface area contributed by atoms with Crippen molar-refractivity contribution < 1.29 is 9.90 Å². The predicted molar refractivity (Wildman–Crippen MR) is 89.4 cm³/mol. The van der Waals surface area contributed by atoms with Crippen molar-refractivity contribution in [2.45, 2.75) is 13.3 Å². The van der Waals surface area contributed by atoms with E-state index < -0.39 is 11.4 Å². The van der Waals surface area contributed by atoms with E-state index in [2.05, 4.69) is 9.97 Å². The molecule has 0 aliphatic carbocycles. The van der Waals surface area contributed by atoms with E-state index in [1.165, 1.54) is 22.0 Å². The van der Waals surface area contributed by atoms with E-state index in [-0.39, 0.29) is 26.8 Å². The van der Waals surface area contributed by atoms with E-state index in [0.29, 0.717) is 17.2 Å². The van der Waals surface area contributed by atoms with E-state index >= 15 is 0 Å². The summed E-state index contributed by atoms with van der Waals surface area (Å²) in [6, 6.07) is 1.32. The van der Waals surface area contributed by atoms with Crippen LogP contribution in [-0.4, -0.2) is 25.6 Å². The van der Waals surface area contributed by atoms with Gasteiger partial charge in [0.15, 0.2) is 10.8 Å². The number of fused-ring (bicyclic) bond motifs is 1. The average Bonchev–Trinajstić information content (AvgIpc) is 2.99. The van der Waals surface area contributed by atoms with Crippen LogP contribution in [0.5, 0.6) is 0 Å². The molecule has 0 saturated carbocycles. The first kappa shape index (κ1) is 15.9. The quantitative estimate of drug-likeness (QED) is 0.715. The van der Waals surface area contributed by atoms with Gasteiger partial charge in [0.25, 0.3) is 0 Å². The van der Waals surface area contributed by atoms with Gasteiger partial charge in [-0.2, -0.15) is 0 Å². The molecule has 9 heteroatoms. The van der Waals surface area contributed by atoms with Gasteiger partial charge in [0.1, 0.15) is 10.7 Å². The zero-order valence-corrected chi connectivity index (χ0v) is 14.0. The number of halogens is 2. The molecule has 23 heavy (non-hydrogen) atoms. The fourth-order valence-corrected chi connectivity index (χ4v) is 3.61. The van der Waals surface area contributed by atoms with Crippen LogP contribution in [0.15, 0.2) is 22.4 Å². The monoisotopic (exact) mass is 369 g/mol. The number of hydrogen-bond acceptors (Lipinski definition) is 5. The Hall–Kier alpha value is -1.96. The summed E-state index contributed by atoms with van der Waals surface area (Å²) in [5.74, 6) is -1.31. The maximum absolute atomic E-state index is 12.6. The highest BCUT2D eigenvalue weighted by Gasteiger charge is 2.25. The summed E-state index contributed by atoms with van der Waals surface area (Å²) in [6.45, 7) is 1.75. The number of nitrogens with zero attached hydrogens (tertiary/aromatic N) is 3. The van der Waals surface area contributed by atoms with Gasteiger partial charge in [0.2, 0.25) is 5.43 Å². The lowest BCUT2D eigenvalue weighted by molar-refractivity contribution is 0.0693. The van der Waals surface area contributed by atoms with E-state index in [1.807, 2.05) is 0 Å². The molecule has 0 radical (unpaired) electrons. The molecule has 0 unspecified atom stereocenters. The van der Waals surface area contributed by atoms with Crippen molar-refractivity contribution in [3.8, 4) is 5.13 Å². The maximum atomic E-state index is 12.6. The summed E-state index contributed by atoms with van der Waals surface area (Å²) in [5.41, 5.74) is -0.507. The minimum Gasteiger partial charge on any atom is -0.477 e. The molecule has 3 aromatic heterocycles. The van der Waals surface area contributed by atoms with Gasteiger partial charge in [-0.1, -0.05) is 30.1 Å². The van der Waals surface area contributed by atoms with E-state index in [4.69, 9.17) is 23.2 Å². The summed E-state index contributed by atoms with van der Waals surface area (Å²) in [7, 11) is 0. The maximum Gasteiger partial charge on any atom is 0.341 e. The first-order valence-corrected chi connectivity index (χ1v) is 8.16. The molecular formula is C14H9Cl2N3O3S. The molecule has 3 heterocycles. The summed E-state index contributed by atoms with van der Waals surface area (Å²) >= 11 is 13.4. The van der Waals surface area contributed by atoms with E-state index in [0.717, 1.165) is 0 Å². The summed E-state index contributed by atoms with van der Waals surface area (Å²) < 4.78 is 1.53. The Bertz CT molecular complexity index is 983. The van der Waals surface area contributed by atoms with Crippen LogP contribution >= 0.6 is 34.5 Å². The molecule has 1 N–H and O–H groups in total. The SMILES string of the molecule is CCc1c(C(=O)O)c(=O)c2c(Cl)cc(Cl)nc2n1-c1nccs1. The number of aromatic nitrogens is 3. The fourth-order valence-electron chi connectivity index (χ4n) is 2.43. The second-order valence-electron chi connectivity index (χ2n) is 4.59. The Morgan fingerprint density at radius 2 is 2.17 bits per heavy atom. The molecule has 0 aliphatic heterocycles. The molecule has 0 aliphatic rings. The van der Waals surface area contributed by atoms with Crippen molar-refractivity contribution in [2.75, 3.05) is 0 Å². The lowest BCUT2D eigenvalue weighted by Gasteiger charge is -2.16. The van der Waals surface area contributed by atoms with Crippen molar-refractivity contribution in [3.05, 3.63) is 49.3 Å². The molecule has 0 aromatic carbocycles. The predicted octanol–water partition coefficient (Wildman–Crippen LogP) is 3.41. The van der Waals surface area contributed by atoms with Gasteiger partial charge >= 0.3 is 5.97 Å². The van der Waals surface area contributed by atoms with Crippen LogP contribution in [0.2, 0.25) is 10.2 Å². The van der Waals surface area contributed by atoms with Gasteiger partial charge in [-0.25, -0.2) is 14.8 Å². The summed E-state index contributed by atoms with van der Waals surface area (Å²) in [4.78, 5) is 32.6. The van der Waals surface area contributed by atoms with E-state index in [1.54, 1.807) is 18.5 Å². The number of carboxylic acid groups (broad SMARTS) is 1. The number of carbonyl (C=O) groups is 1. The average molecular weight is 370 g/mol. The molecule has 0 saturated heterocycles. The van der Waals surface area contributed by atoms with Crippen LogP contribution in [0, 0.1) is 0 Å². The molecular weight excluding hydrogens is 361 g/mol. The number of hydrogen-bond donors (Lipinski definition) is 1. The Labute approximate surface area is 143 Å². The number of carboxylic acids is 1. The zero-order chi connectivity index (χ0) is 16.7. The van der Waals surface area contributed by atoms with Gasteiger partial charge in [0, 0.05) is 17.3 Å². The van der Waals surface area contributed by atoms with E-state index in [9.17, 15) is 14.7 Å². The van der Waals surface area contributed by atoms with Crippen LogP contribution < -0.4 is 5.43 Å². The second kappa shape index (κ2) is 5.92. The molecule has 118 valence electrons. The van der Waals surface area contributed by atoms with Crippen molar-refractivity contribution in [2.24, 2.45) is 0 Å². The normalized spacial score (nSPS) is 11.1. The highest BCUT2D eigenvalue weighted by molar-refractivity contribution is 7.12. The highest BCUT2D eigenvalue weighted by atomic mass is 35.5. The molecule has 3 rings (SSSR count). The van der Waals surface area contributed by atoms with Crippen molar-refractivity contribution in [1.29, 1.82) is 0 Å². The molecule has 3 aromatic rings. The Kier molecular flexibility index (Phi) is 4.09. The molecule has 0 atom stereocenters. The van der Waals surface area contributed by atoms with Gasteiger partial charge < -0.3 is 5.11 Å². The zero-order valence-electron chi connectivity index (χ0n) is 11.7. The van der Waals surface area contributed by atoms with Crippen LogP contribution in [0.4, 0.5) is 0 Å². The van der Waals surface area contributed by atoms with Crippen molar-refractivity contribution in [1.82, 2.24) is 14.5 Å². The molecule has 0 spiro atoms. The number of pyridine rings is 2. The molecule has 6 nitrogen and oxygen atoms in total. The minimum absolute atomic E-state index is 0.0147. The highest BCUT2D eigenvalue weighted by Crippen LogP contribution is 2.28. The van der Waals surface area contributed by atoms with Gasteiger partial charge in [-0.15, -0.1) is 11.3 Å². The van der Waals surface area contributed by atoms with Gasteiger partial charge in [-0.3, -0.25) is 9.36 Å². The lowest BCUT2D eigenvalue weighted by Crippen LogP contribution is -2.24. The fraction of sp³-hybridized carbons (Fsp3) is 0.143. The number of aromatic carboxylic acids is 1. The first-order chi connectivity index (χ1) is 11.0. The minimum atomic E-state index is -1.31. The smallest absolute Gasteiger partial charge is 0.341 e. The third-order valence-corrected chi connectivity index (χ3v) is 4.55. The second-order valence-corrected chi connectivity index (χ2v) is 6.25. The van der Waals surface area contributed by atoms with Crippen LogP contribution in [0.1, 0.15) is 23.0 Å². The van der Waals surface area contributed by atoms with Crippen molar-refractivity contribution >= 4 is 51.5 Å². The van der Waals surface area contributed by atoms with Crippen LogP contribution in [0.3, 0.4) is 0 Å². The molecule has 0 bridgehead atoms. The molecule has 0 amide bonds. The first-order valence-electron chi connectivity index (χ1n) is 6.52. The third-order valence-electron chi connectivity index (χ3n) is 3.30. The van der Waals surface area contributed by atoms with Gasteiger partial charge in [-0.05, 0) is 12.5 Å². The lowest BCUT2D eigenvalue weighted by atomic mass is 10.1. The summed E-state index contributed by atoms with van der Waals surface area (Å²) in [5, 5.41) is 11.9. The number of rotatable bonds is 3. The Balaban J connectivity index is 2.65. The van der Waals surface area contributed by atoms with Gasteiger partial charge in [0.05, 0.1) is 10.4 Å². The largest absolute Gasteiger partial charge is 0.477 e. The summed E-state index contributed by atoms with van der Waals surface area (Å²) in [6.07, 6.45) is 1.88. The molecule has 0 fully saturated rings. The number of thiazole rings is 1. The topological polar surface area (TPSA) is 85.1 Å². The Morgan fingerprint density at radius 3 is 2.74 bits per heavy atom. The van der Waals surface area contributed by atoms with Crippen LogP contribution in [0.25, 0.3) is 16.2 Å². The third kappa shape index (κ3) is 2.50. The van der Waals surface area contributed by atoms with Crippen LogP contribution in [-0.2, 0) is 6.42 Å².